The molecule has 2 heterocycles. The number of carbonyl (C=O) groups excluding carboxylic acids is 1. The van der Waals surface area contributed by atoms with Gasteiger partial charge in [0.05, 0.1) is 6.54 Å². The SMILES string of the molecule is CCc1cccc(CC)c1NC(=O)CN1CCCN(S(=O)(=O)c2cccs2)CC1. The number of anilines is 1. The molecule has 3 rings (SSSR count). The van der Waals surface area contributed by atoms with Crippen LogP contribution < -0.4 is 5.32 Å². The van der Waals surface area contributed by atoms with Crippen molar-refractivity contribution in [3.63, 3.8) is 0 Å². The van der Waals surface area contributed by atoms with Gasteiger partial charge in [-0.1, -0.05) is 38.1 Å². The van der Waals surface area contributed by atoms with E-state index in [1.165, 1.54) is 15.6 Å². The highest BCUT2D eigenvalue weighted by Crippen LogP contribution is 2.24. The van der Waals surface area contributed by atoms with Crippen LogP contribution in [0.1, 0.15) is 31.4 Å². The maximum absolute atomic E-state index is 12.8. The lowest BCUT2D eigenvalue weighted by atomic mass is 10.0. The second-order valence-corrected chi connectivity index (χ2v) is 10.3. The highest BCUT2D eigenvalue weighted by Gasteiger charge is 2.28. The number of benzene rings is 1. The molecule has 1 amide bonds. The molecule has 29 heavy (non-hydrogen) atoms. The van der Waals surface area contributed by atoms with Crippen molar-refractivity contribution in [2.24, 2.45) is 0 Å². The van der Waals surface area contributed by atoms with Gasteiger partial charge in [0.1, 0.15) is 4.21 Å². The minimum atomic E-state index is -3.44. The third-order valence-electron chi connectivity index (χ3n) is 5.27. The number of rotatable bonds is 7. The number of sulfonamides is 1. The van der Waals surface area contributed by atoms with Crippen molar-refractivity contribution >= 4 is 33.0 Å². The van der Waals surface area contributed by atoms with Crippen LogP contribution in [-0.4, -0.2) is 56.3 Å². The molecule has 1 aromatic carbocycles. The average Bonchev–Trinajstić information content (AvgIpc) is 3.16. The molecule has 1 aliphatic rings. The largest absolute Gasteiger partial charge is 0.324 e. The van der Waals surface area contributed by atoms with Gasteiger partial charge < -0.3 is 5.32 Å². The summed E-state index contributed by atoms with van der Waals surface area (Å²) in [5, 5.41) is 4.88. The molecule has 1 aromatic heterocycles. The Morgan fingerprint density at radius 2 is 1.76 bits per heavy atom. The molecular formula is C21H29N3O3S2. The van der Waals surface area contributed by atoms with E-state index in [0.29, 0.717) is 36.8 Å². The van der Waals surface area contributed by atoms with Crippen molar-refractivity contribution in [3.05, 3.63) is 46.8 Å². The molecule has 158 valence electrons. The Hall–Kier alpha value is -1.74. The third kappa shape index (κ3) is 5.25. The third-order valence-corrected chi connectivity index (χ3v) is 8.54. The summed E-state index contributed by atoms with van der Waals surface area (Å²) in [7, 11) is -3.44. The van der Waals surface area contributed by atoms with Crippen LogP contribution in [-0.2, 0) is 27.7 Å². The summed E-state index contributed by atoms with van der Waals surface area (Å²) in [4.78, 5) is 14.8. The molecule has 0 unspecified atom stereocenters. The van der Waals surface area contributed by atoms with Crippen LogP contribution in [0.3, 0.4) is 0 Å². The van der Waals surface area contributed by atoms with Gasteiger partial charge in [-0.25, -0.2) is 8.42 Å². The zero-order chi connectivity index (χ0) is 20.9. The van der Waals surface area contributed by atoms with Crippen LogP contribution in [0.5, 0.6) is 0 Å². The Balaban J connectivity index is 1.62. The minimum Gasteiger partial charge on any atom is -0.324 e. The first kappa shape index (κ1) is 22.0. The Labute approximate surface area is 177 Å². The summed E-state index contributed by atoms with van der Waals surface area (Å²) in [6.45, 7) is 6.59. The Morgan fingerprint density at radius 3 is 2.38 bits per heavy atom. The molecule has 0 aliphatic carbocycles. The van der Waals surface area contributed by atoms with Gasteiger partial charge in [0.2, 0.25) is 5.91 Å². The van der Waals surface area contributed by atoms with Crippen LogP contribution in [0, 0.1) is 0 Å². The second kappa shape index (κ2) is 9.84. The fourth-order valence-corrected chi connectivity index (χ4v) is 6.28. The highest BCUT2D eigenvalue weighted by molar-refractivity contribution is 7.91. The standard InChI is InChI=1S/C21H29N3O3S2/c1-3-17-8-5-9-18(4-2)21(17)22-19(25)16-23-11-7-12-24(14-13-23)29(26,27)20-10-6-15-28-20/h5-6,8-10,15H,3-4,7,11-14,16H2,1-2H3,(H,22,25). The fraction of sp³-hybridized carbons (Fsp3) is 0.476. The average molecular weight is 436 g/mol. The van der Waals surface area contributed by atoms with Crippen LogP contribution in [0.25, 0.3) is 0 Å². The number of para-hydroxylation sites is 1. The number of nitrogens with one attached hydrogen (secondary N) is 1. The molecule has 0 bridgehead atoms. The number of hydrogen-bond donors (Lipinski definition) is 1. The zero-order valence-corrected chi connectivity index (χ0v) is 18.7. The summed E-state index contributed by atoms with van der Waals surface area (Å²) in [5.41, 5.74) is 3.21. The van der Waals surface area contributed by atoms with Gasteiger partial charge in [0.15, 0.2) is 0 Å². The van der Waals surface area contributed by atoms with Crippen molar-refractivity contribution in [1.29, 1.82) is 0 Å². The van der Waals surface area contributed by atoms with Crippen molar-refractivity contribution in [3.8, 4) is 0 Å². The van der Waals surface area contributed by atoms with Crippen LogP contribution >= 0.6 is 11.3 Å². The Morgan fingerprint density at radius 1 is 1.03 bits per heavy atom. The van der Waals surface area contributed by atoms with E-state index in [4.69, 9.17) is 0 Å². The van der Waals surface area contributed by atoms with Gasteiger partial charge in [0.25, 0.3) is 10.0 Å². The van der Waals surface area contributed by atoms with E-state index in [1.54, 1.807) is 17.5 Å². The summed E-state index contributed by atoms with van der Waals surface area (Å²) < 4.78 is 27.4. The van der Waals surface area contributed by atoms with Crippen molar-refractivity contribution in [2.45, 2.75) is 37.3 Å². The summed E-state index contributed by atoms with van der Waals surface area (Å²) in [6.07, 6.45) is 2.44. The van der Waals surface area contributed by atoms with E-state index in [-0.39, 0.29) is 12.5 Å². The van der Waals surface area contributed by atoms with E-state index in [2.05, 4.69) is 19.2 Å². The summed E-state index contributed by atoms with van der Waals surface area (Å²) in [5.74, 6) is -0.0461. The topological polar surface area (TPSA) is 69.7 Å². The van der Waals surface area contributed by atoms with Gasteiger partial charge in [-0.3, -0.25) is 9.69 Å². The predicted octanol–water partition coefficient (Wildman–Crippen LogP) is 3.21. The van der Waals surface area contributed by atoms with Crippen LogP contribution in [0.4, 0.5) is 5.69 Å². The van der Waals surface area contributed by atoms with E-state index in [1.807, 2.05) is 23.1 Å². The lowest BCUT2D eigenvalue weighted by Gasteiger charge is -2.21. The number of carbonyl (C=O) groups is 1. The van der Waals surface area contributed by atoms with E-state index in [0.717, 1.165) is 29.7 Å². The fourth-order valence-electron chi connectivity index (χ4n) is 3.67. The maximum Gasteiger partial charge on any atom is 0.252 e. The van der Waals surface area contributed by atoms with Crippen molar-refractivity contribution in [2.75, 3.05) is 38.0 Å². The van der Waals surface area contributed by atoms with Gasteiger partial charge in [0, 0.05) is 25.3 Å². The molecule has 8 heteroatoms. The molecule has 0 spiro atoms. The van der Waals surface area contributed by atoms with Crippen LogP contribution in [0.2, 0.25) is 0 Å². The Kier molecular flexibility index (Phi) is 7.45. The second-order valence-electron chi connectivity index (χ2n) is 7.17. The van der Waals surface area contributed by atoms with E-state index >= 15 is 0 Å². The first-order valence-electron chi connectivity index (χ1n) is 10.1. The molecule has 6 nitrogen and oxygen atoms in total. The van der Waals surface area contributed by atoms with Gasteiger partial charge in [-0.15, -0.1) is 11.3 Å². The Bertz CT molecular complexity index is 904. The molecule has 1 N–H and O–H groups in total. The van der Waals surface area contributed by atoms with E-state index < -0.39 is 10.0 Å². The van der Waals surface area contributed by atoms with Crippen molar-refractivity contribution in [1.82, 2.24) is 9.21 Å². The smallest absolute Gasteiger partial charge is 0.252 e. The molecule has 2 aromatic rings. The first-order chi connectivity index (χ1) is 14.0. The molecule has 0 atom stereocenters. The molecule has 1 fully saturated rings. The number of hydrogen-bond acceptors (Lipinski definition) is 5. The van der Waals surface area contributed by atoms with Crippen LogP contribution in [0.15, 0.2) is 39.9 Å². The molecular weight excluding hydrogens is 406 g/mol. The first-order valence-corrected chi connectivity index (χ1v) is 12.4. The van der Waals surface area contributed by atoms with Gasteiger partial charge in [-0.2, -0.15) is 4.31 Å². The van der Waals surface area contributed by atoms with Crippen molar-refractivity contribution < 1.29 is 13.2 Å². The van der Waals surface area contributed by atoms with E-state index in [9.17, 15) is 13.2 Å². The number of amides is 1. The highest BCUT2D eigenvalue weighted by atomic mass is 32.2. The van der Waals surface area contributed by atoms with Gasteiger partial charge in [-0.05, 0) is 48.4 Å². The monoisotopic (exact) mass is 435 g/mol. The van der Waals surface area contributed by atoms with Gasteiger partial charge >= 0.3 is 0 Å². The number of aryl methyl sites for hydroxylation is 2. The minimum absolute atomic E-state index is 0.0461. The lowest BCUT2D eigenvalue weighted by molar-refractivity contribution is -0.117. The quantitative estimate of drug-likeness (QED) is 0.725. The zero-order valence-electron chi connectivity index (χ0n) is 17.1. The summed E-state index contributed by atoms with van der Waals surface area (Å²) >= 11 is 1.24. The number of thiophene rings is 1. The predicted molar refractivity (Wildman–Crippen MR) is 118 cm³/mol. The summed E-state index contributed by atoms with van der Waals surface area (Å²) in [6, 6.07) is 9.53. The normalized spacial score (nSPS) is 16.5. The molecule has 1 aliphatic heterocycles. The lowest BCUT2D eigenvalue weighted by Crippen LogP contribution is -2.38. The molecule has 1 saturated heterocycles. The maximum atomic E-state index is 12.8. The molecule has 0 radical (unpaired) electrons. The number of nitrogens with zero attached hydrogens (tertiary/aromatic N) is 2. The molecule has 0 saturated carbocycles.